The van der Waals surface area contributed by atoms with Gasteiger partial charge in [0.1, 0.15) is 6.61 Å². The van der Waals surface area contributed by atoms with Gasteiger partial charge >= 0.3 is 0 Å². The highest BCUT2D eigenvalue weighted by atomic mass is 16.5. The quantitative estimate of drug-likeness (QED) is 0.695. The highest BCUT2D eigenvalue weighted by molar-refractivity contribution is 5.78. The van der Waals surface area contributed by atoms with Crippen LogP contribution in [0.2, 0.25) is 0 Å². The summed E-state index contributed by atoms with van der Waals surface area (Å²) in [6.45, 7) is 7.49. The number of hydrogen-bond acceptors (Lipinski definition) is 3. The van der Waals surface area contributed by atoms with E-state index in [1.54, 1.807) is 0 Å². The second-order valence-electron chi connectivity index (χ2n) is 4.66. The van der Waals surface area contributed by atoms with Gasteiger partial charge in [-0.15, -0.1) is 0 Å². The molecule has 16 heavy (non-hydrogen) atoms. The van der Waals surface area contributed by atoms with Crippen molar-refractivity contribution in [1.82, 2.24) is 9.80 Å². The largest absolute Gasteiger partial charge is 0.372 e. The summed E-state index contributed by atoms with van der Waals surface area (Å²) in [4.78, 5) is 16.4. The third-order valence-corrected chi connectivity index (χ3v) is 3.68. The minimum absolute atomic E-state index is 0.187. The first kappa shape index (κ1) is 11.9. The second-order valence-corrected chi connectivity index (χ2v) is 4.66. The Balaban J connectivity index is 1.89. The van der Waals surface area contributed by atoms with Crippen molar-refractivity contribution in [1.29, 1.82) is 0 Å². The standard InChI is InChI=1S/C12H22N2O2/c1-2-13-7-4-11(5-8-13)14-6-3-9-16-10-12(14)15/h11H,2-10H2,1H3. The van der Waals surface area contributed by atoms with E-state index in [1.807, 2.05) is 0 Å². The van der Waals surface area contributed by atoms with Crippen LogP contribution in [0.25, 0.3) is 0 Å². The summed E-state index contributed by atoms with van der Waals surface area (Å²) >= 11 is 0. The van der Waals surface area contributed by atoms with E-state index in [0.29, 0.717) is 6.04 Å². The van der Waals surface area contributed by atoms with Crippen LogP contribution in [-0.2, 0) is 9.53 Å². The van der Waals surface area contributed by atoms with Gasteiger partial charge in [-0.1, -0.05) is 6.92 Å². The van der Waals surface area contributed by atoms with Crippen molar-refractivity contribution in [2.24, 2.45) is 0 Å². The normalized spacial score (nSPS) is 25.8. The molecule has 0 N–H and O–H groups in total. The Morgan fingerprint density at radius 3 is 2.75 bits per heavy atom. The summed E-state index contributed by atoms with van der Waals surface area (Å²) < 4.78 is 5.27. The number of carbonyl (C=O) groups excluding carboxylic acids is 1. The third-order valence-electron chi connectivity index (χ3n) is 3.68. The van der Waals surface area contributed by atoms with Crippen molar-refractivity contribution in [2.45, 2.75) is 32.2 Å². The second kappa shape index (κ2) is 5.64. The predicted molar refractivity (Wildman–Crippen MR) is 62.3 cm³/mol. The number of likely N-dealkylation sites (tertiary alicyclic amines) is 1. The van der Waals surface area contributed by atoms with E-state index >= 15 is 0 Å². The average molecular weight is 226 g/mol. The van der Waals surface area contributed by atoms with E-state index in [-0.39, 0.29) is 12.5 Å². The average Bonchev–Trinajstić information content (AvgIpc) is 2.54. The molecule has 0 aromatic carbocycles. The van der Waals surface area contributed by atoms with Crippen molar-refractivity contribution < 1.29 is 9.53 Å². The van der Waals surface area contributed by atoms with Crippen molar-refractivity contribution in [3.05, 3.63) is 0 Å². The molecule has 2 fully saturated rings. The molecule has 2 rings (SSSR count). The van der Waals surface area contributed by atoms with Crippen LogP contribution in [0, 0.1) is 0 Å². The Hall–Kier alpha value is -0.610. The van der Waals surface area contributed by atoms with Crippen molar-refractivity contribution >= 4 is 5.91 Å². The van der Waals surface area contributed by atoms with Crippen LogP contribution in [0.15, 0.2) is 0 Å². The lowest BCUT2D eigenvalue weighted by Crippen LogP contribution is -2.48. The number of nitrogens with zero attached hydrogens (tertiary/aromatic N) is 2. The molecule has 2 aliphatic heterocycles. The van der Waals surface area contributed by atoms with Crippen LogP contribution in [0.5, 0.6) is 0 Å². The molecule has 0 aromatic heterocycles. The number of ether oxygens (including phenoxy) is 1. The monoisotopic (exact) mass is 226 g/mol. The molecule has 0 aromatic rings. The van der Waals surface area contributed by atoms with Gasteiger partial charge in [-0.05, 0) is 25.8 Å². The van der Waals surface area contributed by atoms with E-state index in [0.717, 1.165) is 52.0 Å². The fourth-order valence-corrected chi connectivity index (χ4v) is 2.64. The van der Waals surface area contributed by atoms with E-state index in [1.165, 1.54) is 0 Å². The summed E-state index contributed by atoms with van der Waals surface area (Å²) in [5, 5.41) is 0. The third kappa shape index (κ3) is 2.74. The van der Waals surface area contributed by atoms with Crippen LogP contribution in [0.3, 0.4) is 0 Å². The van der Waals surface area contributed by atoms with E-state index in [4.69, 9.17) is 4.74 Å². The van der Waals surface area contributed by atoms with Gasteiger partial charge in [0.15, 0.2) is 0 Å². The minimum atomic E-state index is 0.187. The predicted octanol–water partition coefficient (Wildman–Crippen LogP) is 0.720. The summed E-state index contributed by atoms with van der Waals surface area (Å²) in [6.07, 6.45) is 3.24. The molecular weight excluding hydrogens is 204 g/mol. The minimum Gasteiger partial charge on any atom is -0.372 e. The molecule has 92 valence electrons. The molecule has 0 atom stereocenters. The Morgan fingerprint density at radius 1 is 1.31 bits per heavy atom. The van der Waals surface area contributed by atoms with Gasteiger partial charge in [-0.3, -0.25) is 4.79 Å². The van der Waals surface area contributed by atoms with Crippen LogP contribution in [0.4, 0.5) is 0 Å². The van der Waals surface area contributed by atoms with Crippen molar-refractivity contribution in [2.75, 3.05) is 39.4 Å². The maximum absolute atomic E-state index is 11.9. The van der Waals surface area contributed by atoms with Gasteiger partial charge < -0.3 is 14.5 Å². The molecule has 2 aliphatic rings. The smallest absolute Gasteiger partial charge is 0.248 e. The lowest BCUT2D eigenvalue weighted by Gasteiger charge is -2.37. The molecule has 2 saturated heterocycles. The Kier molecular flexibility index (Phi) is 4.18. The van der Waals surface area contributed by atoms with Gasteiger partial charge in [-0.25, -0.2) is 0 Å². The highest BCUT2D eigenvalue weighted by Gasteiger charge is 2.28. The first-order valence-electron chi connectivity index (χ1n) is 6.41. The molecule has 2 heterocycles. The number of piperidine rings is 1. The first-order valence-corrected chi connectivity index (χ1v) is 6.41. The van der Waals surface area contributed by atoms with Crippen molar-refractivity contribution in [3.63, 3.8) is 0 Å². The Bertz CT molecular complexity index is 237. The Morgan fingerprint density at radius 2 is 2.06 bits per heavy atom. The molecule has 0 unspecified atom stereocenters. The summed E-state index contributed by atoms with van der Waals surface area (Å²) in [6, 6.07) is 0.456. The molecule has 0 aliphatic carbocycles. The zero-order chi connectivity index (χ0) is 11.4. The highest BCUT2D eigenvalue weighted by Crippen LogP contribution is 2.18. The van der Waals surface area contributed by atoms with Crippen LogP contribution in [0.1, 0.15) is 26.2 Å². The molecular formula is C12H22N2O2. The van der Waals surface area contributed by atoms with Crippen LogP contribution < -0.4 is 0 Å². The van der Waals surface area contributed by atoms with E-state index in [9.17, 15) is 4.79 Å². The van der Waals surface area contributed by atoms with Gasteiger partial charge in [-0.2, -0.15) is 0 Å². The summed E-state index contributed by atoms with van der Waals surface area (Å²) in [5.41, 5.74) is 0. The number of amides is 1. The van der Waals surface area contributed by atoms with Gasteiger partial charge in [0.05, 0.1) is 0 Å². The zero-order valence-electron chi connectivity index (χ0n) is 10.2. The SMILES string of the molecule is CCN1CCC(N2CCCOCC2=O)CC1. The summed E-state index contributed by atoms with van der Waals surface area (Å²) in [7, 11) is 0. The van der Waals surface area contributed by atoms with Gasteiger partial charge in [0.2, 0.25) is 5.91 Å². The lowest BCUT2D eigenvalue weighted by atomic mass is 10.0. The molecule has 0 bridgehead atoms. The van der Waals surface area contributed by atoms with Crippen LogP contribution >= 0.6 is 0 Å². The van der Waals surface area contributed by atoms with Gasteiger partial charge in [0.25, 0.3) is 0 Å². The Labute approximate surface area is 97.5 Å². The van der Waals surface area contributed by atoms with Crippen molar-refractivity contribution in [3.8, 4) is 0 Å². The lowest BCUT2D eigenvalue weighted by molar-refractivity contribution is -0.136. The number of rotatable bonds is 2. The molecule has 4 heteroatoms. The maximum Gasteiger partial charge on any atom is 0.248 e. The molecule has 0 radical (unpaired) electrons. The fraction of sp³-hybridized carbons (Fsp3) is 0.917. The van der Waals surface area contributed by atoms with E-state index in [2.05, 4.69) is 16.7 Å². The fourth-order valence-electron chi connectivity index (χ4n) is 2.64. The number of hydrogen-bond donors (Lipinski definition) is 0. The maximum atomic E-state index is 11.9. The first-order chi connectivity index (χ1) is 7.81. The number of carbonyl (C=O) groups is 1. The van der Waals surface area contributed by atoms with Crippen LogP contribution in [-0.4, -0.2) is 61.1 Å². The summed E-state index contributed by atoms with van der Waals surface area (Å²) in [5.74, 6) is 0.187. The molecule has 0 saturated carbocycles. The van der Waals surface area contributed by atoms with E-state index < -0.39 is 0 Å². The molecule has 4 nitrogen and oxygen atoms in total. The molecule has 0 spiro atoms. The zero-order valence-corrected chi connectivity index (χ0v) is 10.2. The van der Waals surface area contributed by atoms with Gasteiger partial charge in [0, 0.05) is 32.3 Å². The molecule has 1 amide bonds. The topological polar surface area (TPSA) is 32.8 Å².